The fourth-order valence-corrected chi connectivity index (χ4v) is 5.43. The summed E-state index contributed by atoms with van der Waals surface area (Å²) in [7, 11) is 1.46. The average Bonchev–Trinajstić information content (AvgIpc) is 3.59. The Morgan fingerprint density at radius 3 is 2.20 bits per heavy atom. The number of furan rings is 1. The van der Waals surface area contributed by atoms with E-state index in [2.05, 4.69) is 17.6 Å². The number of ether oxygens (including phenoxy) is 3. The van der Waals surface area contributed by atoms with Crippen LogP contribution in [0.2, 0.25) is 0 Å². The lowest BCUT2D eigenvalue weighted by atomic mass is 10.0. The maximum Gasteiger partial charge on any atom is 0.343 e. The van der Waals surface area contributed by atoms with Gasteiger partial charge in [-0.3, -0.25) is 14.4 Å². The van der Waals surface area contributed by atoms with Crippen molar-refractivity contribution in [2.24, 2.45) is 0 Å². The summed E-state index contributed by atoms with van der Waals surface area (Å²) in [4.78, 5) is 51.3. The summed E-state index contributed by atoms with van der Waals surface area (Å²) in [6, 6.07) is 26.3. The number of nitrogens with one attached hydrogen (secondary N) is 2. The molecule has 1 unspecified atom stereocenters. The lowest BCUT2D eigenvalue weighted by Gasteiger charge is -2.17. The van der Waals surface area contributed by atoms with Crippen LogP contribution in [0.4, 0.5) is 5.69 Å². The molecular formula is C41H42N2O8. The molecule has 5 aromatic rings. The highest BCUT2D eigenvalue weighted by atomic mass is 16.6. The second-order valence-electron chi connectivity index (χ2n) is 12.2. The molecule has 1 atom stereocenters. The van der Waals surface area contributed by atoms with E-state index in [-0.39, 0.29) is 23.7 Å². The van der Waals surface area contributed by atoms with Gasteiger partial charge in [0.1, 0.15) is 11.3 Å². The zero-order valence-corrected chi connectivity index (χ0v) is 29.0. The van der Waals surface area contributed by atoms with Crippen molar-refractivity contribution in [2.75, 3.05) is 19.0 Å². The lowest BCUT2D eigenvalue weighted by molar-refractivity contribution is -0.118. The summed E-state index contributed by atoms with van der Waals surface area (Å²) in [5.41, 5.74) is 2.44. The van der Waals surface area contributed by atoms with Crippen LogP contribution in [-0.4, -0.2) is 43.3 Å². The molecular weight excluding hydrogens is 648 g/mol. The van der Waals surface area contributed by atoms with Crippen LogP contribution in [-0.2, 0) is 11.2 Å². The summed E-state index contributed by atoms with van der Waals surface area (Å²) >= 11 is 0. The molecule has 5 rings (SSSR count). The van der Waals surface area contributed by atoms with Gasteiger partial charge in [-0.15, -0.1) is 0 Å². The fourth-order valence-electron chi connectivity index (χ4n) is 5.43. The molecule has 1 aromatic heterocycles. The standard InChI is InChI=1S/C41H42N2O8/c1-4-5-6-7-10-23-49-33-20-16-30(17-21-33)41(47)51-36-22-13-28(25-37(36)48-3)24-34(27(2)44)43-39(45)29-14-18-32(19-15-29)42-40(46)38-26-31-11-8-9-12-35(31)50-38/h8-9,11-22,25-26,34H,4-7,10,23-24H2,1-3H3,(H,42,46)(H,43,45). The van der Waals surface area contributed by atoms with Gasteiger partial charge in [-0.2, -0.15) is 0 Å². The zero-order valence-electron chi connectivity index (χ0n) is 29.0. The maximum absolute atomic E-state index is 13.1. The number of carbonyl (C=O) groups is 4. The first-order valence-electron chi connectivity index (χ1n) is 17.1. The van der Waals surface area contributed by atoms with Crippen LogP contribution in [0, 0.1) is 0 Å². The van der Waals surface area contributed by atoms with Crippen LogP contribution in [0.15, 0.2) is 101 Å². The third kappa shape index (κ3) is 10.1. The number of methoxy groups -OCH3 is 1. The van der Waals surface area contributed by atoms with Gasteiger partial charge in [0.25, 0.3) is 11.8 Å². The number of anilines is 1. The number of Topliss-reactive ketones (excluding diaryl/α,β-unsaturated/α-hetero) is 1. The highest BCUT2D eigenvalue weighted by molar-refractivity contribution is 6.05. The summed E-state index contributed by atoms with van der Waals surface area (Å²) in [6.07, 6.45) is 5.93. The molecule has 264 valence electrons. The van der Waals surface area contributed by atoms with Crippen LogP contribution in [0.1, 0.15) is 82.8 Å². The molecule has 1 heterocycles. The highest BCUT2D eigenvalue weighted by Crippen LogP contribution is 2.30. The quantitative estimate of drug-likeness (QED) is 0.0567. The van der Waals surface area contributed by atoms with Gasteiger partial charge in [-0.1, -0.05) is 56.9 Å². The second kappa shape index (κ2) is 17.7. The van der Waals surface area contributed by atoms with E-state index < -0.39 is 23.8 Å². The first kappa shape index (κ1) is 36.4. The Bertz CT molecular complexity index is 1930. The van der Waals surface area contributed by atoms with Crippen LogP contribution in [0.25, 0.3) is 11.0 Å². The van der Waals surface area contributed by atoms with Crippen molar-refractivity contribution in [2.45, 2.75) is 58.4 Å². The molecule has 0 aliphatic rings. The molecule has 0 aliphatic heterocycles. The Morgan fingerprint density at radius 1 is 0.765 bits per heavy atom. The smallest absolute Gasteiger partial charge is 0.343 e. The minimum Gasteiger partial charge on any atom is -0.494 e. The van der Waals surface area contributed by atoms with E-state index in [1.807, 2.05) is 18.2 Å². The molecule has 0 fully saturated rings. The van der Waals surface area contributed by atoms with Crippen LogP contribution in [0.5, 0.6) is 17.2 Å². The number of carbonyl (C=O) groups excluding carboxylic acids is 4. The molecule has 0 aliphatic carbocycles. The van der Waals surface area contributed by atoms with Crippen molar-refractivity contribution >= 4 is 40.2 Å². The van der Waals surface area contributed by atoms with E-state index >= 15 is 0 Å². The van der Waals surface area contributed by atoms with E-state index in [0.29, 0.717) is 46.1 Å². The molecule has 2 N–H and O–H groups in total. The number of para-hydroxylation sites is 1. The molecule has 0 spiro atoms. The van der Waals surface area contributed by atoms with Crippen molar-refractivity contribution < 1.29 is 37.8 Å². The van der Waals surface area contributed by atoms with Gasteiger partial charge in [0.05, 0.1) is 25.3 Å². The van der Waals surface area contributed by atoms with Crippen LogP contribution >= 0.6 is 0 Å². The van der Waals surface area contributed by atoms with Crippen LogP contribution < -0.4 is 24.8 Å². The SMILES string of the molecule is CCCCCCCOc1ccc(C(=O)Oc2ccc(CC(NC(=O)c3ccc(NC(=O)c4cc5ccccc5o4)cc3)C(C)=O)cc2OC)cc1. The van der Waals surface area contributed by atoms with Crippen molar-refractivity contribution in [3.8, 4) is 17.2 Å². The topological polar surface area (TPSA) is 133 Å². The van der Waals surface area contributed by atoms with Crippen molar-refractivity contribution in [3.05, 3.63) is 120 Å². The van der Waals surface area contributed by atoms with Gasteiger partial charge in [0.2, 0.25) is 0 Å². The van der Waals surface area contributed by atoms with Crippen molar-refractivity contribution in [1.82, 2.24) is 5.32 Å². The third-order valence-electron chi connectivity index (χ3n) is 8.33. The Morgan fingerprint density at radius 2 is 1.49 bits per heavy atom. The number of amides is 2. The molecule has 2 amide bonds. The van der Waals surface area contributed by atoms with E-state index in [9.17, 15) is 19.2 Å². The summed E-state index contributed by atoms with van der Waals surface area (Å²) in [5.74, 6) is -0.281. The predicted octanol–water partition coefficient (Wildman–Crippen LogP) is 8.19. The minimum absolute atomic E-state index is 0.171. The minimum atomic E-state index is -0.833. The highest BCUT2D eigenvalue weighted by Gasteiger charge is 2.21. The average molecular weight is 691 g/mol. The van der Waals surface area contributed by atoms with E-state index in [1.54, 1.807) is 78.9 Å². The van der Waals surface area contributed by atoms with Crippen molar-refractivity contribution in [1.29, 1.82) is 0 Å². The number of hydrogen-bond donors (Lipinski definition) is 2. The van der Waals surface area contributed by atoms with Gasteiger partial charge in [-0.05, 0) is 98.1 Å². The molecule has 10 heteroatoms. The van der Waals surface area contributed by atoms with E-state index in [0.717, 1.165) is 18.2 Å². The molecule has 0 bridgehead atoms. The Kier molecular flexibility index (Phi) is 12.6. The van der Waals surface area contributed by atoms with Gasteiger partial charge >= 0.3 is 5.97 Å². The Balaban J connectivity index is 1.14. The van der Waals surface area contributed by atoms with Gasteiger partial charge in [0, 0.05) is 16.6 Å². The normalized spacial score (nSPS) is 11.4. The Labute approximate surface area is 297 Å². The largest absolute Gasteiger partial charge is 0.494 e. The number of hydrogen-bond acceptors (Lipinski definition) is 8. The maximum atomic E-state index is 13.1. The van der Waals surface area contributed by atoms with Crippen molar-refractivity contribution in [3.63, 3.8) is 0 Å². The Hall–Kier alpha value is -5.90. The number of fused-ring (bicyclic) bond motifs is 1. The molecule has 0 radical (unpaired) electrons. The van der Waals surface area contributed by atoms with Gasteiger partial charge < -0.3 is 29.3 Å². The number of benzene rings is 4. The number of ketones is 1. The second-order valence-corrected chi connectivity index (χ2v) is 12.2. The van der Waals surface area contributed by atoms with Gasteiger partial charge in [0.15, 0.2) is 23.0 Å². The molecule has 0 saturated carbocycles. The molecule has 4 aromatic carbocycles. The van der Waals surface area contributed by atoms with Crippen LogP contribution in [0.3, 0.4) is 0 Å². The first-order chi connectivity index (χ1) is 24.7. The van der Waals surface area contributed by atoms with E-state index in [1.165, 1.54) is 33.3 Å². The number of rotatable bonds is 17. The zero-order chi connectivity index (χ0) is 36.2. The fraction of sp³-hybridized carbons (Fsp3) is 0.268. The predicted molar refractivity (Wildman–Crippen MR) is 195 cm³/mol. The third-order valence-corrected chi connectivity index (χ3v) is 8.33. The molecule has 10 nitrogen and oxygen atoms in total. The monoisotopic (exact) mass is 690 g/mol. The molecule has 0 saturated heterocycles. The lowest BCUT2D eigenvalue weighted by Crippen LogP contribution is -2.41. The summed E-state index contributed by atoms with van der Waals surface area (Å²) in [5, 5.41) is 6.37. The summed E-state index contributed by atoms with van der Waals surface area (Å²) < 4.78 is 22.5. The number of esters is 1. The van der Waals surface area contributed by atoms with E-state index in [4.69, 9.17) is 18.6 Å². The first-order valence-corrected chi connectivity index (χ1v) is 17.1. The molecule has 51 heavy (non-hydrogen) atoms. The number of unbranched alkanes of at least 4 members (excludes halogenated alkanes) is 4. The summed E-state index contributed by atoms with van der Waals surface area (Å²) in [6.45, 7) is 4.22. The van der Waals surface area contributed by atoms with Gasteiger partial charge in [-0.25, -0.2) is 4.79 Å².